The second kappa shape index (κ2) is 6.62. The van der Waals surface area contributed by atoms with Crippen molar-refractivity contribution in [3.05, 3.63) is 58.1 Å². The van der Waals surface area contributed by atoms with Crippen molar-refractivity contribution in [2.75, 3.05) is 18.5 Å². The van der Waals surface area contributed by atoms with Gasteiger partial charge in [-0.05, 0) is 49.2 Å². The van der Waals surface area contributed by atoms with Gasteiger partial charge in [0.15, 0.2) is 0 Å². The van der Waals surface area contributed by atoms with Crippen LogP contribution in [-0.4, -0.2) is 13.2 Å². The normalized spacial score (nSPS) is 10.3. The van der Waals surface area contributed by atoms with E-state index in [0.717, 1.165) is 22.5 Å². The molecule has 0 aliphatic heterocycles. The molecule has 0 radical (unpaired) electrons. The Balaban J connectivity index is 1.83. The Bertz CT molecular complexity index is 517. The molecule has 0 saturated carbocycles. The Morgan fingerprint density at radius 2 is 1.68 bits per heavy atom. The van der Waals surface area contributed by atoms with Gasteiger partial charge in [-0.25, -0.2) is 0 Å². The molecule has 0 aliphatic carbocycles. The standard InChI is InChI=1S/C16H18BrNO/c1-12-10-15(11-13(2)16(12)17)19-9-8-18-14-6-4-3-5-7-14/h3-7,10-11,18H,8-9H2,1-2H3. The molecule has 0 spiro atoms. The molecule has 0 bridgehead atoms. The van der Waals surface area contributed by atoms with Gasteiger partial charge in [0.25, 0.3) is 0 Å². The van der Waals surface area contributed by atoms with Crippen molar-refractivity contribution in [1.29, 1.82) is 0 Å². The maximum atomic E-state index is 5.76. The number of nitrogens with one attached hydrogen (secondary N) is 1. The van der Waals surface area contributed by atoms with Crippen molar-refractivity contribution in [1.82, 2.24) is 0 Å². The van der Waals surface area contributed by atoms with Gasteiger partial charge < -0.3 is 10.1 Å². The van der Waals surface area contributed by atoms with E-state index in [4.69, 9.17) is 4.74 Å². The lowest BCUT2D eigenvalue weighted by atomic mass is 10.1. The minimum atomic E-state index is 0.648. The molecule has 0 unspecified atom stereocenters. The summed E-state index contributed by atoms with van der Waals surface area (Å²) in [5.41, 5.74) is 3.52. The highest BCUT2D eigenvalue weighted by Gasteiger charge is 2.02. The van der Waals surface area contributed by atoms with Gasteiger partial charge >= 0.3 is 0 Å². The number of hydrogen-bond donors (Lipinski definition) is 1. The molecule has 0 aromatic heterocycles. The average Bonchev–Trinajstić information content (AvgIpc) is 2.42. The molecular formula is C16H18BrNO. The van der Waals surface area contributed by atoms with Gasteiger partial charge in [0.05, 0.1) is 0 Å². The van der Waals surface area contributed by atoms with E-state index in [1.54, 1.807) is 0 Å². The van der Waals surface area contributed by atoms with E-state index in [1.807, 2.05) is 30.3 Å². The number of hydrogen-bond acceptors (Lipinski definition) is 2. The Morgan fingerprint density at radius 3 is 2.32 bits per heavy atom. The van der Waals surface area contributed by atoms with E-state index in [0.29, 0.717) is 6.61 Å². The number of halogens is 1. The van der Waals surface area contributed by atoms with Crippen LogP contribution in [0.25, 0.3) is 0 Å². The third kappa shape index (κ3) is 4.00. The maximum absolute atomic E-state index is 5.76. The van der Waals surface area contributed by atoms with Crippen molar-refractivity contribution in [3.63, 3.8) is 0 Å². The third-order valence-corrected chi connectivity index (χ3v) is 4.13. The monoisotopic (exact) mass is 319 g/mol. The van der Waals surface area contributed by atoms with Crippen LogP contribution in [0.4, 0.5) is 5.69 Å². The number of rotatable bonds is 5. The predicted octanol–water partition coefficient (Wildman–Crippen LogP) is 4.56. The van der Waals surface area contributed by atoms with Gasteiger partial charge in [-0.3, -0.25) is 0 Å². The SMILES string of the molecule is Cc1cc(OCCNc2ccccc2)cc(C)c1Br. The minimum absolute atomic E-state index is 0.648. The lowest BCUT2D eigenvalue weighted by molar-refractivity contribution is 0.332. The van der Waals surface area contributed by atoms with E-state index < -0.39 is 0 Å². The van der Waals surface area contributed by atoms with E-state index >= 15 is 0 Å². The summed E-state index contributed by atoms with van der Waals surface area (Å²) in [6, 6.07) is 14.3. The Kier molecular flexibility index (Phi) is 4.86. The smallest absolute Gasteiger partial charge is 0.119 e. The topological polar surface area (TPSA) is 21.3 Å². The molecule has 0 atom stereocenters. The molecule has 2 nitrogen and oxygen atoms in total. The molecule has 0 amide bonds. The fourth-order valence-corrected chi connectivity index (χ4v) is 2.14. The second-order valence-corrected chi connectivity index (χ2v) is 5.31. The molecule has 19 heavy (non-hydrogen) atoms. The van der Waals surface area contributed by atoms with Crippen LogP contribution in [0.5, 0.6) is 5.75 Å². The van der Waals surface area contributed by atoms with Crippen LogP contribution in [0.3, 0.4) is 0 Å². The number of ether oxygens (including phenoxy) is 1. The maximum Gasteiger partial charge on any atom is 0.119 e. The third-order valence-electron chi connectivity index (χ3n) is 2.88. The lowest BCUT2D eigenvalue weighted by Gasteiger charge is -2.11. The zero-order valence-corrected chi connectivity index (χ0v) is 12.8. The molecule has 2 aromatic rings. The van der Waals surface area contributed by atoms with Gasteiger partial charge in [-0.1, -0.05) is 34.1 Å². The van der Waals surface area contributed by atoms with Crippen molar-refractivity contribution in [2.24, 2.45) is 0 Å². The van der Waals surface area contributed by atoms with Crippen LogP contribution in [0.15, 0.2) is 46.9 Å². The van der Waals surface area contributed by atoms with E-state index in [9.17, 15) is 0 Å². The lowest BCUT2D eigenvalue weighted by Crippen LogP contribution is -2.11. The van der Waals surface area contributed by atoms with E-state index in [-0.39, 0.29) is 0 Å². The quantitative estimate of drug-likeness (QED) is 0.816. The summed E-state index contributed by atoms with van der Waals surface area (Å²) in [5.74, 6) is 0.924. The fourth-order valence-electron chi connectivity index (χ4n) is 1.91. The minimum Gasteiger partial charge on any atom is -0.492 e. The molecule has 2 aromatic carbocycles. The first kappa shape index (κ1) is 13.9. The summed E-state index contributed by atoms with van der Waals surface area (Å²) in [5, 5.41) is 3.32. The van der Waals surface area contributed by atoms with Gasteiger partial charge in [-0.2, -0.15) is 0 Å². The van der Waals surface area contributed by atoms with E-state index in [1.165, 1.54) is 11.1 Å². The zero-order chi connectivity index (χ0) is 13.7. The van der Waals surface area contributed by atoms with Gasteiger partial charge in [0.2, 0.25) is 0 Å². The molecule has 0 aliphatic rings. The van der Waals surface area contributed by atoms with Crippen LogP contribution in [-0.2, 0) is 0 Å². The van der Waals surface area contributed by atoms with E-state index in [2.05, 4.69) is 47.2 Å². The fraction of sp³-hybridized carbons (Fsp3) is 0.250. The summed E-state index contributed by atoms with van der Waals surface area (Å²) in [4.78, 5) is 0. The zero-order valence-electron chi connectivity index (χ0n) is 11.2. The van der Waals surface area contributed by atoms with Gasteiger partial charge in [0.1, 0.15) is 12.4 Å². The van der Waals surface area contributed by atoms with Crippen LogP contribution in [0.1, 0.15) is 11.1 Å². The summed E-state index contributed by atoms with van der Waals surface area (Å²) in [6.45, 7) is 5.59. The molecule has 1 N–H and O–H groups in total. The van der Waals surface area contributed by atoms with Crippen molar-refractivity contribution in [3.8, 4) is 5.75 Å². The summed E-state index contributed by atoms with van der Waals surface area (Å²) >= 11 is 3.56. The summed E-state index contributed by atoms with van der Waals surface area (Å²) in [7, 11) is 0. The number of para-hydroxylation sites is 1. The Morgan fingerprint density at radius 1 is 1.05 bits per heavy atom. The molecule has 2 rings (SSSR count). The van der Waals surface area contributed by atoms with Gasteiger partial charge in [0, 0.05) is 16.7 Å². The molecule has 0 heterocycles. The summed E-state index contributed by atoms with van der Waals surface area (Å²) < 4.78 is 6.92. The van der Waals surface area contributed by atoms with Gasteiger partial charge in [-0.15, -0.1) is 0 Å². The highest BCUT2D eigenvalue weighted by Crippen LogP contribution is 2.26. The highest BCUT2D eigenvalue weighted by molar-refractivity contribution is 9.10. The average molecular weight is 320 g/mol. The van der Waals surface area contributed by atoms with Crippen molar-refractivity contribution in [2.45, 2.75) is 13.8 Å². The second-order valence-electron chi connectivity index (χ2n) is 4.51. The van der Waals surface area contributed by atoms with Crippen LogP contribution in [0, 0.1) is 13.8 Å². The predicted molar refractivity (Wildman–Crippen MR) is 84.0 cm³/mol. The molecule has 0 fully saturated rings. The summed E-state index contributed by atoms with van der Waals surface area (Å²) in [6.07, 6.45) is 0. The molecule has 100 valence electrons. The first-order chi connectivity index (χ1) is 9.16. The molecule has 3 heteroatoms. The Hall–Kier alpha value is -1.48. The molecule has 0 saturated heterocycles. The number of anilines is 1. The van der Waals surface area contributed by atoms with Crippen LogP contribution in [0.2, 0.25) is 0 Å². The number of benzene rings is 2. The first-order valence-corrected chi connectivity index (χ1v) is 7.14. The highest BCUT2D eigenvalue weighted by atomic mass is 79.9. The van der Waals surface area contributed by atoms with Crippen LogP contribution < -0.4 is 10.1 Å². The largest absolute Gasteiger partial charge is 0.492 e. The van der Waals surface area contributed by atoms with Crippen molar-refractivity contribution < 1.29 is 4.74 Å². The van der Waals surface area contributed by atoms with Crippen molar-refractivity contribution >= 4 is 21.6 Å². The first-order valence-electron chi connectivity index (χ1n) is 6.35. The molecular weight excluding hydrogens is 302 g/mol. The van der Waals surface area contributed by atoms with Crippen LogP contribution >= 0.6 is 15.9 Å². The Labute approximate surface area is 122 Å². The number of aryl methyl sites for hydroxylation is 2.